The van der Waals surface area contributed by atoms with Gasteiger partial charge in [-0.2, -0.15) is 0 Å². The van der Waals surface area contributed by atoms with E-state index in [2.05, 4.69) is 37.7 Å². The van der Waals surface area contributed by atoms with Crippen LogP contribution in [-0.4, -0.2) is 54.9 Å². The van der Waals surface area contributed by atoms with E-state index < -0.39 is 0 Å². The Balaban J connectivity index is 2.58. The molecular formula is C12H26N4. The van der Waals surface area contributed by atoms with Crippen molar-refractivity contribution in [3.8, 4) is 0 Å². The fourth-order valence-corrected chi connectivity index (χ4v) is 2.74. The summed E-state index contributed by atoms with van der Waals surface area (Å²) in [5.74, 6) is 1.02. The SMILES string of the molecule is CCC(CC(=N)N)N1CC(C)C(N(C)C)C1. The molecule has 1 aliphatic heterocycles. The number of nitrogens with zero attached hydrogens (tertiary/aromatic N) is 2. The van der Waals surface area contributed by atoms with Gasteiger partial charge >= 0.3 is 0 Å². The Hall–Kier alpha value is -0.610. The highest BCUT2D eigenvalue weighted by molar-refractivity contribution is 5.77. The molecule has 0 aromatic rings. The maximum absolute atomic E-state index is 7.42. The zero-order valence-electron chi connectivity index (χ0n) is 11.0. The zero-order chi connectivity index (χ0) is 12.3. The fraction of sp³-hybridized carbons (Fsp3) is 0.917. The smallest absolute Gasteiger partial charge is 0.0921 e. The minimum atomic E-state index is 0.313. The van der Waals surface area contributed by atoms with Crippen molar-refractivity contribution in [2.24, 2.45) is 11.7 Å². The molecule has 3 atom stereocenters. The molecule has 1 fully saturated rings. The summed E-state index contributed by atoms with van der Waals surface area (Å²) in [7, 11) is 4.30. The first-order valence-electron chi connectivity index (χ1n) is 6.19. The van der Waals surface area contributed by atoms with Gasteiger partial charge in [0, 0.05) is 31.6 Å². The number of nitrogens with one attached hydrogen (secondary N) is 1. The lowest BCUT2D eigenvalue weighted by atomic mass is 10.1. The summed E-state index contributed by atoms with van der Waals surface area (Å²) < 4.78 is 0. The Morgan fingerprint density at radius 1 is 1.50 bits per heavy atom. The molecule has 0 aromatic heterocycles. The van der Waals surface area contributed by atoms with Crippen LogP contribution < -0.4 is 5.73 Å². The first kappa shape index (κ1) is 13.5. The van der Waals surface area contributed by atoms with Crippen LogP contribution in [0.3, 0.4) is 0 Å². The molecule has 1 saturated heterocycles. The van der Waals surface area contributed by atoms with E-state index in [1.165, 1.54) is 0 Å². The van der Waals surface area contributed by atoms with Gasteiger partial charge in [0.05, 0.1) is 5.84 Å². The van der Waals surface area contributed by atoms with Crippen LogP contribution in [0, 0.1) is 11.3 Å². The van der Waals surface area contributed by atoms with Gasteiger partial charge in [0.1, 0.15) is 0 Å². The van der Waals surface area contributed by atoms with Gasteiger partial charge in [-0.3, -0.25) is 10.3 Å². The van der Waals surface area contributed by atoms with E-state index >= 15 is 0 Å². The van der Waals surface area contributed by atoms with Crippen LogP contribution in [0.25, 0.3) is 0 Å². The van der Waals surface area contributed by atoms with Crippen LogP contribution in [0.15, 0.2) is 0 Å². The van der Waals surface area contributed by atoms with Crippen molar-refractivity contribution in [3.05, 3.63) is 0 Å². The normalized spacial score (nSPS) is 28.6. The predicted octanol–water partition coefficient (Wildman–Crippen LogP) is 0.973. The summed E-state index contributed by atoms with van der Waals surface area (Å²) >= 11 is 0. The number of hydrogen-bond acceptors (Lipinski definition) is 3. The van der Waals surface area contributed by atoms with E-state index in [1.807, 2.05) is 0 Å². The maximum atomic E-state index is 7.42. The van der Waals surface area contributed by atoms with Crippen LogP contribution in [0.2, 0.25) is 0 Å². The highest BCUT2D eigenvalue weighted by atomic mass is 15.3. The number of likely N-dealkylation sites (N-methyl/N-ethyl adjacent to an activating group) is 1. The molecule has 16 heavy (non-hydrogen) atoms. The molecule has 94 valence electrons. The van der Waals surface area contributed by atoms with Crippen LogP contribution in [0.5, 0.6) is 0 Å². The van der Waals surface area contributed by atoms with Crippen molar-refractivity contribution in [2.45, 2.75) is 38.8 Å². The Morgan fingerprint density at radius 3 is 2.50 bits per heavy atom. The van der Waals surface area contributed by atoms with E-state index in [4.69, 9.17) is 11.1 Å². The summed E-state index contributed by atoms with van der Waals surface area (Å²) in [6, 6.07) is 1.09. The number of likely N-dealkylation sites (tertiary alicyclic amines) is 1. The van der Waals surface area contributed by atoms with Gasteiger partial charge in [0.15, 0.2) is 0 Å². The third-order valence-electron chi connectivity index (χ3n) is 3.71. The second-order valence-electron chi connectivity index (χ2n) is 5.25. The molecular weight excluding hydrogens is 200 g/mol. The molecule has 0 aliphatic carbocycles. The summed E-state index contributed by atoms with van der Waals surface area (Å²) in [4.78, 5) is 4.81. The van der Waals surface area contributed by atoms with Crippen molar-refractivity contribution in [3.63, 3.8) is 0 Å². The fourth-order valence-electron chi connectivity index (χ4n) is 2.74. The summed E-state index contributed by atoms with van der Waals surface area (Å²) in [6.45, 7) is 6.74. The molecule has 4 heteroatoms. The molecule has 0 bridgehead atoms. The Bertz CT molecular complexity index is 239. The van der Waals surface area contributed by atoms with Gasteiger partial charge in [0.25, 0.3) is 0 Å². The van der Waals surface area contributed by atoms with E-state index in [-0.39, 0.29) is 0 Å². The molecule has 1 heterocycles. The van der Waals surface area contributed by atoms with E-state index in [0.717, 1.165) is 19.5 Å². The first-order chi connectivity index (χ1) is 7.45. The van der Waals surface area contributed by atoms with Crippen molar-refractivity contribution < 1.29 is 0 Å². The van der Waals surface area contributed by atoms with Gasteiger partial charge in [-0.05, 0) is 26.4 Å². The minimum absolute atomic E-state index is 0.313. The van der Waals surface area contributed by atoms with Gasteiger partial charge in [-0.15, -0.1) is 0 Å². The molecule has 3 unspecified atom stereocenters. The quantitative estimate of drug-likeness (QED) is 0.542. The second-order valence-corrected chi connectivity index (χ2v) is 5.25. The molecule has 3 N–H and O–H groups in total. The van der Waals surface area contributed by atoms with Gasteiger partial charge < -0.3 is 10.6 Å². The summed E-state index contributed by atoms with van der Waals surface area (Å²) in [5.41, 5.74) is 5.51. The van der Waals surface area contributed by atoms with Gasteiger partial charge in [-0.1, -0.05) is 13.8 Å². The van der Waals surface area contributed by atoms with E-state index in [9.17, 15) is 0 Å². The van der Waals surface area contributed by atoms with E-state index in [1.54, 1.807) is 0 Å². The lowest BCUT2D eigenvalue weighted by Crippen LogP contribution is -2.39. The van der Waals surface area contributed by atoms with E-state index in [0.29, 0.717) is 30.3 Å². The highest BCUT2D eigenvalue weighted by Crippen LogP contribution is 2.24. The molecule has 0 saturated carbocycles. The maximum Gasteiger partial charge on any atom is 0.0921 e. The standard InChI is InChI=1S/C12H26N4/c1-5-10(6-12(13)14)16-7-9(2)11(8-16)15(3)4/h9-11H,5-8H2,1-4H3,(H3,13,14). The van der Waals surface area contributed by atoms with Crippen LogP contribution in [0.1, 0.15) is 26.7 Å². The van der Waals surface area contributed by atoms with Crippen molar-refractivity contribution in [2.75, 3.05) is 27.2 Å². The minimum Gasteiger partial charge on any atom is -0.388 e. The average molecular weight is 226 g/mol. The third-order valence-corrected chi connectivity index (χ3v) is 3.71. The van der Waals surface area contributed by atoms with Crippen molar-refractivity contribution >= 4 is 5.84 Å². The third kappa shape index (κ3) is 3.19. The number of amidine groups is 1. The van der Waals surface area contributed by atoms with Gasteiger partial charge in [0.2, 0.25) is 0 Å². The lowest BCUT2D eigenvalue weighted by Gasteiger charge is -2.27. The average Bonchev–Trinajstić information content (AvgIpc) is 2.56. The summed E-state index contributed by atoms with van der Waals surface area (Å²) in [6.07, 6.45) is 1.79. The lowest BCUT2D eigenvalue weighted by molar-refractivity contribution is 0.213. The number of rotatable bonds is 5. The molecule has 0 aromatic carbocycles. The molecule has 0 spiro atoms. The predicted molar refractivity (Wildman–Crippen MR) is 68.8 cm³/mol. The molecule has 0 amide bonds. The molecule has 1 aliphatic rings. The first-order valence-corrected chi connectivity index (χ1v) is 6.19. The molecule has 4 nitrogen and oxygen atoms in total. The van der Waals surface area contributed by atoms with Gasteiger partial charge in [-0.25, -0.2) is 0 Å². The monoisotopic (exact) mass is 226 g/mol. The summed E-state index contributed by atoms with van der Waals surface area (Å²) in [5, 5.41) is 7.42. The van der Waals surface area contributed by atoms with Crippen LogP contribution >= 0.6 is 0 Å². The zero-order valence-corrected chi connectivity index (χ0v) is 11.0. The highest BCUT2D eigenvalue weighted by Gasteiger charge is 2.34. The Kier molecular flexibility index (Phi) is 4.74. The van der Waals surface area contributed by atoms with Crippen LogP contribution in [-0.2, 0) is 0 Å². The molecule has 1 rings (SSSR count). The molecule has 0 radical (unpaired) electrons. The number of nitrogens with two attached hydrogens (primary N) is 1. The Labute approximate surface area is 99.3 Å². The van der Waals surface area contributed by atoms with Crippen molar-refractivity contribution in [1.82, 2.24) is 9.80 Å². The topological polar surface area (TPSA) is 56.4 Å². The second kappa shape index (κ2) is 5.64. The van der Waals surface area contributed by atoms with Crippen LogP contribution in [0.4, 0.5) is 0 Å². The Morgan fingerprint density at radius 2 is 2.12 bits per heavy atom. The van der Waals surface area contributed by atoms with Crippen molar-refractivity contribution in [1.29, 1.82) is 5.41 Å². The largest absolute Gasteiger partial charge is 0.388 e. The number of hydrogen-bond donors (Lipinski definition) is 2.